The third-order valence-electron chi connectivity index (χ3n) is 3.35. The molecule has 7 heteroatoms. The van der Waals surface area contributed by atoms with Crippen LogP contribution < -0.4 is 5.32 Å². The Labute approximate surface area is 135 Å². The zero-order valence-electron chi connectivity index (χ0n) is 11.2. The van der Waals surface area contributed by atoms with Gasteiger partial charge in [-0.05, 0) is 25.6 Å². The highest BCUT2D eigenvalue weighted by Crippen LogP contribution is 2.25. The predicted octanol–water partition coefficient (Wildman–Crippen LogP) is 3.04. The standard InChI is InChI=1S/C13H17N3OS.2ClH/c1-14-10-4-5-16(7-10)8-11-9-18-13(15-11)12-3-2-6-17-12;;/h2-3,6,9-10,14H,4-5,7-8H2,1H3;2*1H. The highest BCUT2D eigenvalue weighted by molar-refractivity contribution is 7.13. The van der Waals surface area contributed by atoms with Crippen molar-refractivity contribution in [2.75, 3.05) is 20.1 Å². The molecule has 0 bridgehead atoms. The number of likely N-dealkylation sites (tertiary alicyclic amines) is 1. The van der Waals surface area contributed by atoms with Crippen LogP contribution in [0.25, 0.3) is 10.8 Å². The summed E-state index contributed by atoms with van der Waals surface area (Å²) < 4.78 is 5.36. The van der Waals surface area contributed by atoms with E-state index >= 15 is 0 Å². The van der Waals surface area contributed by atoms with Crippen LogP contribution in [0.4, 0.5) is 0 Å². The lowest BCUT2D eigenvalue weighted by atomic mass is 10.3. The van der Waals surface area contributed by atoms with E-state index in [9.17, 15) is 0 Å². The molecule has 1 N–H and O–H groups in total. The molecule has 4 nitrogen and oxygen atoms in total. The Bertz CT molecular complexity index is 503. The summed E-state index contributed by atoms with van der Waals surface area (Å²) in [6.45, 7) is 3.21. The molecule has 1 aliphatic rings. The molecule has 0 spiro atoms. The minimum atomic E-state index is 0. The molecule has 0 radical (unpaired) electrons. The maximum atomic E-state index is 5.36. The van der Waals surface area contributed by atoms with E-state index in [2.05, 4.69) is 20.6 Å². The Morgan fingerprint density at radius 1 is 1.50 bits per heavy atom. The molecule has 3 rings (SSSR count). The maximum absolute atomic E-state index is 5.36. The third kappa shape index (κ3) is 3.96. The first kappa shape index (κ1) is 17.5. The molecule has 20 heavy (non-hydrogen) atoms. The average Bonchev–Trinajstić information content (AvgIpc) is 3.10. The van der Waals surface area contributed by atoms with Gasteiger partial charge in [0.1, 0.15) is 0 Å². The number of likely N-dealkylation sites (N-methyl/N-ethyl adjacent to an activating group) is 1. The molecule has 2 aromatic rings. The van der Waals surface area contributed by atoms with E-state index in [0.29, 0.717) is 6.04 Å². The van der Waals surface area contributed by atoms with Gasteiger partial charge in [0.25, 0.3) is 0 Å². The fraction of sp³-hybridized carbons (Fsp3) is 0.462. The van der Waals surface area contributed by atoms with Gasteiger partial charge in [0.15, 0.2) is 10.8 Å². The van der Waals surface area contributed by atoms with E-state index in [1.807, 2.05) is 19.2 Å². The molecule has 1 saturated heterocycles. The molecule has 3 heterocycles. The first-order valence-corrected chi connectivity index (χ1v) is 7.11. The summed E-state index contributed by atoms with van der Waals surface area (Å²) in [7, 11) is 2.03. The normalized spacial score (nSPS) is 18.6. The lowest BCUT2D eigenvalue weighted by molar-refractivity contribution is 0.319. The summed E-state index contributed by atoms with van der Waals surface area (Å²) in [5.41, 5.74) is 1.14. The molecule has 0 amide bonds. The van der Waals surface area contributed by atoms with E-state index in [4.69, 9.17) is 4.42 Å². The summed E-state index contributed by atoms with van der Waals surface area (Å²) in [6.07, 6.45) is 2.92. The van der Waals surface area contributed by atoms with Crippen LogP contribution in [0.1, 0.15) is 12.1 Å². The Morgan fingerprint density at radius 3 is 3.00 bits per heavy atom. The second-order valence-electron chi connectivity index (χ2n) is 4.63. The van der Waals surface area contributed by atoms with Crippen molar-refractivity contribution in [2.24, 2.45) is 0 Å². The molecule has 0 saturated carbocycles. The quantitative estimate of drug-likeness (QED) is 0.932. The van der Waals surface area contributed by atoms with Crippen LogP contribution in [-0.4, -0.2) is 36.1 Å². The summed E-state index contributed by atoms with van der Waals surface area (Å²) >= 11 is 1.65. The van der Waals surface area contributed by atoms with Crippen molar-refractivity contribution in [3.05, 3.63) is 29.5 Å². The van der Waals surface area contributed by atoms with Gasteiger partial charge in [-0.3, -0.25) is 4.90 Å². The van der Waals surface area contributed by atoms with E-state index in [1.54, 1.807) is 17.6 Å². The molecular formula is C13H19Cl2N3OS. The summed E-state index contributed by atoms with van der Waals surface area (Å²) in [5, 5.41) is 6.43. The van der Waals surface area contributed by atoms with Gasteiger partial charge in [-0.15, -0.1) is 36.2 Å². The zero-order valence-corrected chi connectivity index (χ0v) is 13.7. The summed E-state index contributed by atoms with van der Waals surface area (Å²) in [5.74, 6) is 0.862. The lowest BCUT2D eigenvalue weighted by Crippen LogP contribution is -2.29. The molecule has 0 aliphatic carbocycles. The van der Waals surface area contributed by atoms with Crippen molar-refractivity contribution in [2.45, 2.75) is 19.0 Å². The molecule has 0 aromatic carbocycles. The van der Waals surface area contributed by atoms with Gasteiger partial charge in [-0.2, -0.15) is 0 Å². The smallest absolute Gasteiger partial charge is 0.162 e. The minimum Gasteiger partial charge on any atom is -0.462 e. The maximum Gasteiger partial charge on any atom is 0.162 e. The first-order valence-electron chi connectivity index (χ1n) is 6.23. The Morgan fingerprint density at radius 2 is 2.35 bits per heavy atom. The van der Waals surface area contributed by atoms with Crippen molar-refractivity contribution in [3.63, 3.8) is 0 Å². The zero-order chi connectivity index (χ0) is 12.4. The second kappa shape index (κ2) is 8.00. The number of hydrogen-bond acceptors (Lipinski definition) is 5. The van der Waals surface area contributed by atoms with Crippen molar-refractivity contribution in [1.82, 2.24) is 15.2 Å². The SMILES string of the molecule is CNC1CCN(Cc2csc(-c3ccco3)n2)C1.Cl.Cl. The van der Waals surface area contributed by atoms with Crippen molar-refractivity contribution < 1.29 is 4.42 Å². The van der Waals surface area contributed by atoms with Crippen LogP contribution in [0, 0.1) is 0 Å². The van der Waals surface area contributed by atoms with Gasteiger partial charge in [-0.1, -0.05) is 0 Å². The fourth-order valence-electron chi connectivity index (χ4n) is 2.33. The van der Waals surface area contributed by atoms with Gasteiger partial charge >= 0.3 is 0 Å². The number of thiazole rings is 1. The third-order valence-corrected chi connectivity index (χ3v) is 4.26. The van der Waals surface area contributed by atoms with Crippen LogP contribution in [0.15, 0.2) is 28.2 Å². The first-order chi connectivity index (χ1) is 8.85. The number of halogens is 2. The van der Waals surface area contributed by atoms with Crippen LogP contribution >= 0.6 is 36.2 Å². The van der Waals surface area contributed by atoms with Crippen molar-refractivity contribution in [3.8, 4) is 10.8 Å². The van der Waals surface area contributed by atoms with Gasteiger partial charge in [0, 0.05) is 31.1 Å². The molecule has 1 fully saturated rings. The molecule has 1 atom stereocenters. The van der Waals surface area contributed by atoms with Gasteiger partial charge in [0.2, 0.25) is 0 Å². The van der Waals surface area contributed by atoms with E-state index in [0.717, 1.165) is 36.1 Å². The van der Waals surface area contributed by atoms with E-state index in [1.165, 1.54) is 6.42 Å². The predicted molar refractivity (Wildman–Crippen MR) is 87.1 cm³/mol. The van der Waals surface area contributed by atoms with E-state index < -0.39 is 0 Å². The van der Waals surface area contributed by atoms with Crippen LogP contribution in [-0.2, 0) is 6.54 Å². The Balaban J connectivity index is 0.000001000. The van der Waals surface area contributed by atoms with Gasteiger partial charge in [-0.25, -0.2) is 4.98 Å². The lowest BCUT2D eigenvalue weighted by Gasteiger charge is -2.13. The topological polar surface area (TPSA) is 41.3 Å². The van der Waals surface area contributed by atoms with Gasteiger partial charge in [0.05, 0.1) is 12.0 Å². The summed E-state index contributed by atoms with van der Waals surface area (Å²) in [4.78, 5) is 7.08. The number of rotatable bonds is 4. The summed E-state index contributed by atoms with van der Waals surface area (Å²) in [6, 6.07) is 4.48. The van der Waals surface area contributed by atoms with Gasteiger partial charge < -0.3 is 9.73 Å². The highest BCUT2D eigenvalue weighted by Gasteiger charge is 2.21. The minimum absolute atomic E-state index is 0. The molecule has 1 aliphatic heterocycles. The Hall–Kier alpha value is -0.590. The van der Waals surface area contributed by atoms with Crippen LogP contribution in [0.3, 0.4) is 0 Å². The Kier molecular flexibility index (Phi) is 6.99. The van der Waals surface area contributed by atoms with Crippen molar-refractivity contribution in [1.29, 1.82) is 0 Å². The monoisotopic (exact) mass is 335 g/mol. The van der Waals surface area contributed by atoms with Crippen molar-refractivity contribution >= 4 is 36.2 Å². The molecular weight excluding hydrogens is 317 g/mol. The number of furan rings is 1. The highest BCUT2D eigenvalue weighted by atomic mass is 35.5. The van der Waals surface area contributed by atoms with Crippen LogP contribution in [0.5, 0.6) is 0 Å². The molecule has 1 unspecified atom stereocenters. The second-order valence-corrected chi connectivity index (χ2v) is 5.49. The number of nitrogens with one attached hydrogen (secondary N) is 1. The fourth-order valence-corrected chi connectivity index (χ4v) is 3.11. The molecule has 2 aromatic heterocycles. The number of nitrogens with zero attached hydrogens (tertiary/aromatic N) is 2. The molecule has 112 valence electrons. The van der Waals surface area contributed by atoms with E-state index in [-0.39, 0.29) is 24.8 Å². The largest absolute Gasteiger partial charge is 0.462 e. The number of hydrogen-bond donors (Lipinski definition) is 1. The average molecular weight is 336 g/mol. The number of aromatic nitrogens is 1. The van der Waals surface area contributed by atoms with Crippen LogP contribution in [0.2, 0.25) is 0 Å².